The Kier molecular flexibility index (Phi) is 4.87. The van der Waals surface area contributed by atoms with E-state index in [4.69, 9.17) is 4.74 Å². The Morgan fingerprint density at radius 1 is 1.08 bits per heavy atom. The molecule has 26 heavy (non-hydrogen) atoms. The normalized spacial score (nSPS) is 22.7. The van der Waals surface area contributed by atoms with Crippen LogP contribution in [0, 0.1) is 5.92 Å². The molecule has 1 saturated heterocycles. The maximum absolute atomic E-state index is 12.7. The highest BCUT2D eigenvalue weighted by Gasteiger charge is 2.35. The lowest BCUT2D eigenvalue weighted by molar-refractivity contribution is -0.140. The van der Waals surface area contributed by atoms with Gasteiger partial charge in [-0.15, -0.1) is 0 Å². The molecule has 2 aromatic rings. The fourth-order valence-electron chi connectivity index (χ4n) is 4.49. The first kappa shape index (κ1) is 17.0. The molecular weight excluding hydrogens is 328 g/mol. The van der Waals surface area contributed by atoms with Gasteiger partial charge in [-0.1, -0.05) is 31.0 Å². The summed E-state index contributed by atoms with van der Waals surface area (Å²) >= 11 is 0. The fraction of sp³-hybridized carbons (Fsp3) is 0.476. The molecular formula is C21H24N2O3. The monoisotopic (exact) mass is 352 g/mol. The first-order chi connectivity index (χ1) is 12.7. The van der Waals surface area contributed by atoms with E-state index in [1.165, 1.54) is 25.7 Å². The van der Waals surface area contributed by atoms with E-state index in [1.807, 2.05) is 23.1 Å². The van der Waals surface area contributed by atoms with Crippen molar-refractivity contribution in [2.24, 2.45) is 5.92 Å². The Labute approximate surface area is 153 Å². The van der Waals surface area contributed by atoms with Crippen molar-refractivity contribution >= 4 is 22.8 Å². The van der Waals surface area contributed by atoms with Crippen LogP contribution in [0.3, 0.4) is 0 Å². The molecule has 1 aliphatic heterocycles. The number of rotatable bonds is 3. The molecule has 1 saturated carbocycles. The van der Waals surface area contributed by atoms with Crippen LogP contribution in [0.4, 0.5) is 0 Å². The first-order valence-corrected chi connectivity index (χ1v) is 9.54. The Balaban J connectivity index is 1.43. The average molecular weight is 352 g/mol. The quantitative estimate of drug-likeness (QED) is 0.793. The molecule has 4 rings (SSSR count). The number of aromatic nitrogens is 1. The Hall–Kier alpha value is -2.43. The number of hydrogen-bond acceptors (Lipinski definition) is 4. The van der Waals surface area contributed by atoms with Crippen LogP contribution >= 0.6 is 0 Å². The lowest BCUT2D eigenvalue weighted by Gasteiger charge is -2.44. The number of piperidine rings is 1. The lowest BCUT2D eigenvalue weighted by Crippen LogP contribution is -2.50. The van der Waals surface area contributed by atoms with Crippen molar-refractivity contribution < 1.29 is 14.3 Å². The van der Waals surface area contributed by atoms with Crippen molar-refractivity contribution in [3.63, 3.8) is 0 Å². The van der Waals surface area contributed by atoms with Gasteiger partial charge in [0.1, 0.15) is 0 Å². The highest BCUT2D eigenvalue weighted by molar-refractivity contribution is 6.03. The number of carbonyl (C=O) groups excluding carboxylic acids is 2. The number of hydrogen-bond donors (Lipinski definition) is 0. The van der Waals surface area contributed by atoms with Gasteiger partial charge in [0, 0.05) is 24.2 Å². The zero-order valence-corrected chi connectivity index (χ0v) is 14.9. The molecule has 1 amide bonds. The van der Waals surface area contributed by atoms with Gasteiger partial charge in [-0.3, -0.25) is 9.78 Å². The molecule has 2 heterocycles. The number of benzene rings is 1. The summed E-state index contributed by atoms with van der Waals surface area (Å²) in [7, 11) is 0. The molecule has 0 bridgehead atoms. The number of likely N-dealkylation sites (tertiary alicyclic amines) is 1. The largest absolute Gasteiger partial charge is 0.452 e. The maximum Gasteiger partial charge on any atom is 0.340 e. The minimum atomic E-state index is -0.486. The standard InChI is InChI=1S/C21H24N2O3/c24-19(23-13-5-9-15-6-1-2-11-18(15)23)14-26-21(25)17-10-3-7-16-8-4-12-22-20(16)17/h3-4,7-8,10,12,15,18H,1-2,5-6,9,11,13-14H2/t15-,18+/m0/s1. The van der Waals surface area contributed by atoms with E-state index in [9.17, 15) is 9.59 Å². The molecule has 136 valence electrons. The number of amides is 1. The molecule has 0 N–H and O–H groups in total. The molecule has 2 atom stereocenters. The Bertz CT molecular complexity index is 813. The smallest absolute Gasteiger partial charge is 0.340 e. The van der Waals surface area contributed by atoms with Crippen LogP contribution in [-0.2, 0) is 9.53 Å². The zero-order chi connectivity index (χ0) is 17.9. The van der Waals surface area contributed by atoms with E-state index in [-0.39, 0.29) is 12.5 Å². The molecule has 2 fully saturated rings. The van der Waals surface area contributed by atoms with Gasteiger partial charge >= 0.3 is 5.97 Å². The van der Waals surface area contributed by atoms with Gasteiger partial charge in [-0.05, 0) is 43.7 Å². The van der Waals surface area contributed by atoms with Crippen molar-refractivity contribution in [3.05, 3.63) is 42.1 Å². The summed E-state index contributed by atoms with van der Waals surface area (Å²) in [5.74, 6) is 0.0717. The highest BCUT2D eigenvalue weighted by Crippen LogP contribution is 2.35. The minimum absolute atomic E-state index is 0.0665. The number of esters is 1. The second-order valence-corrected chi connectivity index (χ2v) is 7.30. The third-order valence-corrected chi connectivity index (χ3v) is 5.74. The molecule has 1 aliphatic carbocycles. The summed E-state index contributed by atoms with van der Waals surface area (Å²) in [6, 6.07) is 9.48. The van der Waals surface area contributed by atoms with Gasteiger partial charge in [0.2, 0.25) is 0 Å². The molecule has 1 aromatic heterocycles. The van der Waals surface area contributed by atoms with Gasteiger partial charge in [-0.25, -0.2) is 4.79 Å². The molecule has 2 aliphatic rings. The third kappa shape index (κ3) is 3.30. The molecule has 0 unspecified atom stereocenters. The number of ether oxygens (including phenoxy) is 1. The van der Waals surface area contributed by atoms with Crippen LogP contribution in [0.1, 0.15) is 48.9 Å². The molecule has 5 heteroatoms. The van der Waals surface area contributed by atoms with E-state index in [0.29, 0.717) is 23.0 Å². The SMILES string of the molecule is O=C(OCC(=O)N1CCC[C@@H]2CCCC[C@H]21)c1cccc2cccnc12. The van der Waals surface area contributed by atoms with Crippen LogP contribution < -0.4 is 0 Å². The van der Waals surface area contributed by atoms with Crippen molar-refractivity contribution in [1.82, 2.24) is 9.88 Å². The number of pyridine rings is 1. The van der Waals surface area contributed by atoms with Gasteiger partial charge in [0.05, 0.1) is 11.1 Å². The Morgan fingerprint density at radius 3 is 2.81 bits per heavy atom. The van der Waals surface area contributed by atoms with E-state index in [1.54, 1.807) is 18.3 Å². The van der Waals surface area contributed by atoms with E-state index in [2.05, 4.69) is 4.98 Å². The second kappa shape index (κ2) is 7.44. The van der Waals surface area contributed by atoms with Crippen molar-refractivity contribution in [1.29, 1.82) is 0 Å². The van der Waals surface area contributed by atoms with E-state index in [0.717, 1.165) is 24.8 Å². The second-order valence-electron chi connectivity index (χ2n) is 7.30. The maximum atomic E-state index is 12.7. The Morgan fingerprint density at radius 2 is 1.88 bits per heavy atom. The van der Waals surface area contributed by atoms with Crippen LogP contribution in [0.15, 0.2) is 36.5 Å². The van der Waals surface area contributed by atoms with Crippen LogP contribution in [-0.4, -0.2) is 41.0 Å². The zero-order valence-electron chi connectivity index (χ0n) is 14.9. The van der Waals surface area contributed by atoms with Gasteiger partial charge in [-0.2, -0.15) is 0 Å². The van der Waals surface area contributed by atoms with E-state index >= 15 is 0 Å². The summed E-state index contributed by atoms with van der Waals surface area (Å²) in [6.07, 6.45) is 8.68. The van der Waals surface area contributed by atoms with Crippen LogP contribution in [0.2, 0.25) is 0 Å². The molecule has 5 nitrogen and oxygen atoms in total. The van der Waals surface area contributed by atoms with Gasteiger partial charge in [0.25, 0.3) is 5.91 Å². The number of nitrogens with zero attached hydrogens (tertiary/aromatic N) is 2. The molecule has 0 radical (unpaired) electrons. The summed E-state index contributed by atoms with van der Waals surface area (Å²) in [5.41, 5.74) is 1.02. The molecule has 0 spiro atoms. The topological polar surface area (TPSA) is 59.5 Å². The van der Waals surface area contributed by atoms with E-state index < -0.39 is 5.97 Å². The summed E-state index contributed by atoms with van der Waals surface area (Å²) < 4.78 is 5.36. The third-order valence-electron chi connectivity index (χ3n) is 5.74. The average Bonchev–Trinajstić information content (AvgIpc) is 2.71. The number of para-hydroxylation sites is 1. The summed E-state index contributed by atoms with van der Waals surface area (Å²) in [4.78, 5) is 31.4. The van der Waals surface area contributed by atoms with Crippen molar-refractivity contribution in [2.75, 3.05) is 13.2 Å². The first-order valence-electron chi connectivity index (χ1n) is 9.54. The van der Waals surface area contributed by atoms with Gasteiger partial charge in [0.15, 0.2) is 6.61 Å². The predicted molar refractivity (Wildman–Crippen MR) is 98.7 cm³/mol. The van der Waals surface area contributed by atoms with Gasteiger partial charge < -0.3 is 9.64 Å². The minimum Gasteiger partial charge on any atom is -0.452 e. The van der Waals surface area contributed by atoms with Crippen LogP contribution in [0.25, 0.3) is 10.9 Å². The lowest BCUT2D eigenvalue weighted by atomic mass is 9.78. The number of carbonyl (C=O) groups is 2. The van der Waals surface area contributed by atoms with Crippen molar-refractivity contribution in [3.8, 4) is 0 Å². The van der Waals surface area contributed by atoms with Crippen LogP contribution in [0.5, 0.6) is 0 Å². The van der Waals surface area contributed by atoms with Crippen molar-refractivity contribution in [2.45, 2.75) is 44.6 Å². The molecule has 1 aromatic carbocycles. The predicted octanol–water partition coefficient (Wildman–Crippen LogP) is 3.57. The summed E-state index contributed by atoms with van der Waals surface area (Å²) in [5, 5.41) is 0.884. The number of fused-ring (bicyclic) bond motifs is 2. The summed E-state index contributed by atoms with van der Waals surface area (Å²) in [6.45, 7) is 0.596. The fourth-order valence-corrected chi connectivity index (χ4v) is 4.49. The highest BCUT2D eigenvalue weighted by atomic mass is 16.5.